The minimum Gasteiger partial charge on any atom is -0.387 e. The third-order valence-electron chi connectivity index (χ3n) is 12.9. The van der Waals surface area contributed by atoms with Crippen LogP contribution in [-0.4, -0.2) is 190 Å². The van der Waals surface area contributed by atoms with Gasteiger partial charge in [0.05, 0.1) is 52.2 Å². The number of H-pyrrole nitrogens is 2. The van der Waals surface area contributed by atoms with E-state index in [9.17, 15) is 67.5 Å². The molecular weight excluding hydrogens is 1210 g/mol. The van der Waals surface area contributed by atoms with E-state index in [1.807, 2.05) is 0 Å². The molecular formula is C37H54N17O25P4+. The number of ether oxygens (including phenoxy) is 5. The van der Waals surface area contributed by atoms with Crippen LogP contribution in [0.4, 0.5) is 23.7 Å². The van der Waals surface area contributed by atoms with Gasteiger partial charge >= 0.3 is 36.9 Å². The van der Waals surface area contributed by atoms with E-state index in [0.29, 0.717) is 0 Å². The van der Waals surface area contributed by atoms with Crippen molar-refractivity contribution in [3.05, 3.63) is 39.7 Å². The topological polar surface area (TPSA) is 606 Å². The lowest BCUT2D eigenvalue weighted by atomic mass is 9.94. The summed E-state index contributed by atoms with van der Waals surface area (Å²) < 4.78 is 116. The van der Waals surface area contributed by atoms with Crippen molar-refractivity contribution < 1.29 is 113 Å². The van der Waals surface area contributed by atoms with E-state index in [1.165, 1.54) is 29.6 Å². The number of hydrogen-bond acceptors (Lipinski definition) is 31. The third-order valence-corrected chi connectivity index (χ3v) is 18.1. The largest absolute Gasteiger partial charge is 0.490 e. The predicted molar refractivity (Wildman–Crippen MR) is 270 cm³/mol. The normalized spacial score (nSPS) is 28.6. The Balaban J connectivity index is 0.885. The lowest BCUT2D eigenvalue weighted by Gasteiger charge is -2.26. The molecule has 0 aliphatic carbocycles. The van der Waals surface area contributed by atoms with Crippen LogP contribution >= 0.6 is 31.3 Å². The van der Waals surface area contributed by atoms with Gasteiger partial charge in [-0.25, -0.2) is 32.8 Å². The molecule has 0 radical (unpaired) electrons. The Morgan fingerprint density at radius 2 is 1.31 bits per heavy atom. The van der Waals surface area contributed by atoms with Crippen LogP contribution in [-0.2, 0) is 80.5 Å². The molecule has 6 aromatic rings. The Morgan fingerprint density at radius 1 is 0.723 bits per heavy atom. The second-order valence-electron chi connectivity index (χ2n) is 18.4. The fourth-order valence-electron chi connectivity index (χ4n) is 9.29. The molecule has 0 aromatic carbocycles. The summed E-state index contributed by atoms with van der Waals surface area (Å²) in [6, 6.07) is 0. The van der Waals surface area contributed by atoms with Crippen LogP contribution in [0, 0.1) is 5.92 Å². The van der Waals surface area contributed by atoms with E-state index in [4.69, 9.17) is 64.7 Å². The van der Waals surface area contributed by atoms with Crippen LogP contribution in [0.15, 0.2) is 28.6 Å². The first-order valence-electron chi connectivity index (χ1n) is 23.9. The number of rotatable bonds is 24. The third kappa shape index (κ3) is 13.2. The summed E-state index contributed by atoms with van der Waals surface area (Å²) in [5, 5.41) is 35.9. The van der Waals surface area contributed by atoms with Crippen molar-refractivity contribution in [1.82, 2.24) is 58.9 Å². The predicted octanol–water partition coefficient (Wildman–Crippen LogP) is -4.72. The number of nitrogens with two attached hydrogens (primary N) is 4. The molecule has 6 aromatic heterocycles. The first-order chi connectivity index (χ1) is 39.0. The van der Waals surface area contributed by atoms with E-state index in [-0.39, 0.29) is 70.3 Å². The number of anilines is 4. The van der Waals surface area contributed by atoms with Gasteiger partial charge in [0.15, 0.2) is 41.4 Å². The standard InChI is InChI=1S/C37H53N17O25P4/c1-51-12-54(29-20(51)31(60)50-37(41)48-29)32-21(56)13(6-17(55)42-4-5-69-2)14(74-32)7-72-81(63,64)78-83(67,68)79-82(65,66)73-9-16-24(25(70-3)34(76-16)53-10-43-18-26(38)45-35(39)46-27(18)53)77-80(61,62)71-8-15-22(57)23(58)33(75-15)52-11-44-19-28(52)47-36(40)49-30(19)59/h10-16,21-25,32-34,56-58H,4-9H2,1-3H3,(H14-,38,39,40,41,42,45,46,47,48,49,50,55,59,60,61,62,63,64,65,66,67,68)/p+1/t13-,14-,15-,16-,21-,22-,23-,24-,25-,32?,33-,34-/m1/s1. The van der Waals surface area contributed by atoms with E-state index in [2.05, 4.69) is 53.8 Å². The number of nitrogens with one attached hydrogen (secondary N) is 3. The summed E-state index contributed by atoms with van der Waals surface area (Å²) in [5.41, 5.74) is 21.2. The van der Waals surface area contributed by atoms with E-state index < -0.39 is 148 Å². The number of aryl methyl sites for hydroxylation is 1. The number of carbonyl (C=O) groups excluding carboxylic acids is 1. The van der Waals surface area contributed by atoms with Gasteiger partial charge in [0.25, 0.3) is 17.1 Å². The molecule has 3 saturated heterocycles. The highest BCUT2D eigenvalue weighted by atomic mass is 31.3. The molecule has 1 amide bonds. The monoisotopic (exact) mass is 1260 g/mol. The van der Waals surface area contributed by atoms with Crippen molar-refractivity contribution in [1.29, 1.82) is 0 Å². The Labute approximate surface area is 461 Å². The van der Waals surface area contributed by atoms with E-state index >= 15 is 0 Å². The van der Waals surface area contributed by atoms with Gasteiger partial charge in [0.1, 0.15) is 48.2 Å². The van der Waals surface area contributed by atoms with Gasteiger partial charge in [-0.05, 0) is 0 Å². The number of aliphatic hydroxyl groups is 3. The molecule has 0 bridgehead atoms. The fourth-order valence-corrected chi connectivity index (χ4v) is 13.8. The Kier molecular flexibility index (Phi) is 17.7. The average molecular weight is 1260 g/mol. The lowest BCUT2D eigenvalue weighted by molar-refractivity contribution is -0.745. The maximum atomic E-state index is 13.8. The van der Waals surface area contributed by atoms with Crippen LogP contribution < -0.4 is 43.9 Å². The SMILES string of the molecule is COCCNC(=O)C[C@@H]1[C@@H](COP(=O)(O)OP(=O)(O)OP(=O)(O)OC[C@H]2O[C@@H](n3cnc4c(N)nc(N)nc43)[C@H](OC)[C@@H]2OP(=O)(O)OC[C@H]2O[C@@H](n3cnc4c(=O)[nH]c(N)nc43)[C@H](O)[C@@H]2O)OC([n+]2cn(C)c3c(=O)[nH]c(N)nc32)[C@@H]1O. The zero-order chi connectivity index (χ0) is 60.2. The van der Waals surface area contributed by atoms with Crippen LogP contribution in [0.1, 0.15) is 25.1 Å². The molecule has 3 aliphatic rings. The van der Waals surface area contributed by atoms with Gasteiger partial charge in [0.2, 0.25) is 29.5 Å². The van der Waals surface area contributed by atoms with Crippen LogP contribution in [0.3, 0.4) is 0 Å². The van der Waals surface area contributed by atoms with Crippen LogP contribution in [0.5, 0.6) is 0 Å². The van der Waals surface area contributed by atoms with Crippen molar-refractivity contribution in [2.45, 2.75) is 73.9 Å². The molecule has 46 heteroatoms. The number of amides is 1. The van der Waals surface area contributed by atoms with Crippen LogP contribution in [0.2, 0.25) is 0 Å². The molecule has 5 unspecified atom stereocenters. The Morgan fingerprint density at radius 3 is 1.99 bits per heavy atom. The molecule has 456 valence electrons. The first-order valence-corrected chi connectivity index (χ1v) is 29.9. The van der Waals surface area contributed by atoms with Gasteiger partial charge in [-0.3, -0.25) is 56.1 Å². The number of aliphatic hydroxyl groups excluding tert-OH is 3. The van der Waals surface area contributed by atoms with E-state index in [0.717, 1.165) is 28.9 Å². The number of carbonyl (C=O) groups is 1. The summed E-state index contributed by atoms with van der Waals surface area (Å²) in [6.45, 7) is -3.27. The smallest absolute Gasteiger partial charge is 0.387 e. The van der Waals surface area contributed by atoms with Gasteiger partial charge in [-0.2, -0.15) is 23.6 Å². The summed E-state index contributed by atoms with van der Waals surface area (Å²) in [6.07, 6.45) is -15.5. The lowest BCUT2D eigenvalue weighted by Crippen LogP contribution is -2.45. The number of nitrogen functional groups attached to an aromatic ring is 4. The average Bonchev–Trinajstić information content (AvgIpc) is 2.34. The zero-order valence-corrected chi connectivity index (χ0v) is 46.5. The Hall–Kier alpha value is -5.88. The number of phosphoric ester groups is 3. The molecule has 18 N–H and O–H groups in total. The van der Waals surface area contributed by atoms with Gasteiger partial charge in [-0.15, -0.1) is 0 Å². The maximum Gasteiger partial charge on any atom is 0.490 e. The van der Waals surface area contributed by atoms with Crippen molar-refractivity contribution >= 4 is 94.4 Å². The fraction of sp³-hybridized carbons (Fsp3) is 0.568. The number of imidazole rings is 3. The molecule has 0 spiro atoms. The van der Waals surface area contributed by atoms with Gasteiger partial charge < -0.3 is 86.8 Å². The van der Waals surface area contributed by atoms with Crippen molar-refractivity contribution in [2.24, 2.45) is 13.0 Å². The highest BCUT2D eigenvalue weighted by Crippen LogP contribution is 2.68. The highest BCUT2D eigenvalue weighted by molar-refractivity contribution is 7.66. The molecule has 16 atom stereocenters. The summed E-state index contributed by atoms with van der Waals surface area (Å²) >= 11 is 0. The second-order valence-corrected chi connectivity index (χ2v) is 24.4. The number of aromatic amines is 2. The second kappa shape index (κ2) is 23.9. The number of methoxy groups -OCH3 is 2. The number of aromatic nitrogens is 12. The van der Waals surface area contributed by atoms with Gasteiger partial charge in [0, 0.05) is 33.1 Å². The van der Waals surface area contributed by atoms with Crippen molar-refractivity contribution in [3.8, 4) is 0 Å². The van der Waals surface area contributed by atoms with Gasteiger partial charge in [-0.1, -0.05) is 4.98 Å². The van der Waals surface area contributed by atoms with Crippen molar-refractivity contribution in [3.63, 3.8) is 0 Å². The first kappa shape index (κ1) is 61.7. The number of nitrogens with zero attached hydrogens (tertiary/aromatic N) is 10. The van der Waals surface area contributed by atoms with Crippen molar-refractivity contribution in [2.75, 3.05) is 70.1 Å². The number of hydrogen-bond donors (Lipinski definition) is 14. The highest BCUT2D eigenvalue weighted by Gasteiger charge is 2.54. The summed E-state index contributed by atoms with van der Waals surface area (Å²) in [7, 11) is -19.8. The number of phosphoric acid groups is 4. The minimum absolute atomic E-state index is 0.0238. The molecule has 3 fully saturated rings. The maximum absolute atomic E-state index is 13.8. The molecule has 9 heterocycles. The summed E-state index contributed by atoms with van der Waals surface area (Å²) in [4.78, 5) is 110. The summed E-state index contributed by atoms with van der Waals surface area (Å²) in [5.74, 6) is -3.15. The van der Waals surface area contributed by atoms with E-state index in [1.54, 1.807) is 0 Å². The van der Waals surface area contributed by atoms with Crippen LogP contribution in [0.25, 0.3) is 33.5 Å². The Bertz CT molecular complexity index is 3730. The molecule has 9 rings (SSSR count). The molecule has 42 nitrogen and oxygen atoms in total. The minimum atomic E-state index is -6.27. The molecule has 0 saturated carbocycles. The number of fused-ring (bicyclic) bond motifs is 3. The quantitative estimate of drug-likeness (QED) is 0.0154. The molecule has 83 heavy (non-hydrogen) atoms. The zero-order valence-electron chi connectivity index (χ0n) is 43.0. The molecule has 3 aliphatic heterocycles.